The van der Waals surface area contributed by atoms with E-state index in [1.807, 2.05) is 6.07 Å². The summed E-state index contributed by atoms with van der Waals surface area (Å²) in [5.74, 6) is -1.84. The minimum atomic E-state index is -0.931. The van der Waals surface area contributed by atoms with E-state index in [1.165, 1.54) is 0 Å². The van der Waals surface area contributed by atoms with Crippen molar-refractivity contribution in [2.75, 3.05) is 19.6 Å². The molecule has 1 aromatic rings. The Morgan fingerprint density at radius 3 is 2.52 bits per heavy atom. The van der Waals surface area contributed by atoms with Crippen LogP contribution in [0.3, 0.4) is 0 Å². The predicted octanol–water partition coefficient (Wildman–Crippen LogP) is 0.662. The maximum Gasteiger partial charge on any atom is 0.262 e. The van der Waals surface area contributed by atoms with Gasteiger partial charge in [0.05, 0.1) is 11.1 Å². The molecule has 0 saturated carbocycles. The van der Waals surface area contributed by atoms with Gasteiger partial charge in [-0.25, -0.2) is 0 Å². The van der Waals surface area contributed by atoms with Crippen LogP contribution in [0.4, 0.5) is 0 Å². The molecule has 3 heterocycles. The Morgan fingerprint density at radius 1 is 1.07 bits per heavy atom. The van der Waals surface area contributed by atoms with E-state index in [2.05, 4.69) is 22.5 Å². The van der Waals surface area contributed by atoms with Crippen molar-refractivity contribution in [1.29, 1.82) is 0 Å². The summed E-state index contributed by atoms with van der Waals surface area (Å²) in [6.07, 6.45) is 2.40. The van der Waals surface area contributed by atoms with Crippen LogP contribution >= 0.6 is 0 Å². The van der Waals surface area contributed by atoms with E-state index in [0.717, 1.165) is 42.9 Å². The van der Waals surface area contributed by atoms with Crippen molar-refractivity contribution in [3.05, 3.63) is 34.9 Å². The van der Waals surface area contributed by atoms with Crippen molar-refractivity contribution < 1.29 is 19.2 Å². The zero-order valence-electron chi connectivity index (χ0n) is 16.6. The van der Waals surface area contributed by atoms with E-state index in [0.29, 0.717) is 23.7 Å². The van der Waals surface area contributed by atoms with Gasteiger partial charge in [0, 0.05) is 19.0 Å². The second kappa shape index (κ2) is 8.04. The number of nitrogens with zero attached hydrogens (tertiary/aromatic N) is 2. The lowest BCUT2D eigenvalue weighted by atomic mass is 9.99. The lowest BCUT2D eigenvalue weighted by molar-refractivity contribution is -0.136. The SMILES string of the molecule is CCN(Cc1cccc2c1C(=O)N(C1CCC(=O)NC1=O)C2=O)C1CCNCC1. The Morgan fingerprint density at radius 2 is 1.83 bits per heavy atom. The third kappa shape index (κ3) is 3.58. The molecule has 1 unspecified atom stereocenters. The van der Waals surface area contributed by atoms with Crippen LogP contribution < -0.4 is 10.6 Å². The van der Waals surface area contributed by atoms with Crippen LogP contribution in [0.25, 0.3) is 0 Å². The molecule has 29 heavy (non-hydrogen) atoms. The highest BCUT2D eigenvalue weighted by molar-refractivity contribution is 6.24. The van der Waals surface area contributed by atoms with E-state index in [-0.39, 0.29) is 18.7 Å². The van der Waals surface area contributed by atoms with E-state index in [4.69, 9.17) is 0 Å². The van der Waals surface area contributed by atoms with Gasteiger partial charge in [-0.15, -0.1) is 0 Å². The molecule has 4 amide bonds. The summed E-state index contributed by atoms with van der Waals surface area (Å²) in [5.41, 5.74) is 1.56. The highest BCUT2D eigenvalue weighted by atomic mass is 16.2. The third-order valence-electron chi connectivity index (χ3n) is 6.16. The summed E-state index contributed by atoms with van der Waals surface area (Å²) < 4.78 is 0. The van der Waals surface area contributed by atoms with E-state index in [1.54, 1.807) is 12.1 Å². The number of amides is 4. The van der Waals surface area contributed by atoms with Crippen LogP contribution in [0.2, 0.25) is 0 Å². The second-order valence-electron chi connectivity index (χ2n) is 7.83. The maximum atomic E-state index is 13.2. The minimum absolute atomic E-state index is 0.121. The number of carbonyl (C=O) groups excluding carboxylic acids is 4. The van der Waals surface area contributed by atoms with Gasteiger partial charge >= 0.3 is 0 Å². The lowest BCUT2D eigenvalue weighted by Gasteiger charge is -2.34. The molecule has 2 saturated heterocycles. The van der Waals surface area contributed by atoms with Gasteiger partial charge in [0.2, 0.25) is 11.8 Å². The molecular weight excluding hydrogens is 372 g/mol. The lowest BCUT2D eigenvalue weighted by Crippen LogP contribution is -2.54. The maximum absolute atomic E-state index is 13.2. The van der Waals surface area contributed by atoms with Crippen molar-refractivity contribution in [1.82, 2.24) is 20.4 Å². The molecule has 1 atom stereocenters. The molecule has 0 bridgehead atoms. The number of nitrogens with one attached hydrogen (secondary N) is 2. The fourth-order valence-corrected chi connectivity index (χ4v) is 4.61. The predicted molar refractivity (Wildman–Crippen MR) is 105 cm³/mol. The zero-order valence-corrected chi connectivity index (χ0v) is 16.6. The number of benzene rings is 1. The molecule has 2 N–H and O–H groups in total. The monoisotopic (exact) mass is 398 g/mol. The smallest absolute Gasteiger partial charge is 0.262 e. The van der Waals surface area contributed by atoms with E-state index < -0.39 is 23.8 Å². The van der Waals surface area contributed by atoms with Gasteiger partial charge in [0.25, 0.3) is 11.8 Å². The van der Waals surface area contributed by atoms with Gasteiger partial charge < -0.3 is 5.32 Å². The topological polar surface area (TPSA) is 98.8 Å². The molecule has 8 heteroatoms. The van der Waals surface area contributed by atoms with Gasteiger partial charge in [-0.05, 0) is 50.5 Å². The number of hydrogen-bond donors (Lipinski definition) is 2. The molecule has 0 spiro atoms. The highest BCUT2D eigenvalue weighted by Gasteiger charge is 2.45. The summed E-state index contributed by atoms with van der Waals surface area (Å²) in [6, 6.07) is 4.84. The first-order valence-corrected chi connectivity index (χ1v) is 10.3. The zero-order chi connectivity index (χ0) is 20.5. The molecule has 3 aliphatic heterocycles. The molecule has 154 valence electrons. The van der Waals surface area contributed by atoms with Crippen molar-refractivity contribution >= 4 is 23.6 Å². The highest BCUT2D eigenvalue weighted by Crippen LogP contribution is 2.31. The fraction of sp³-hybridized carbons (Fsp3) is 0.524. The molecule has 0 aliphatic carbocycles. The normalized spacial score (nSPS) is 23.0. The summed E-state index contributed by atoms with van der Waals surface area (Å²) in [6.45, 7) is 5.51. The molecule has 0 aromatic heterocycles. The Kier molecular flexibility index (Phi) is 5.47. The largest absolute Gasteiger partial charge is 0.317 e. The first-order chi connectivity index (χ1) is 14.0. The van der Waals surface area contributed by atoms with Crippen LogP contribution in [-0.2, 0) is 16.1 Å². The number of fused-ring (bicyclic) bond motifs is 1. The van der Waals surface area contributed by atoms with Gasteiger partial charge in [-0.1, -0.05) is 19.1 Å². The van der Waals surface area contributed by atoms with Gasteiger partial charge in [-0.3, -0.25) is 34.3 Å². The van der Waals surface area contributed by atoms with Crippen molar-refractivity contribution in [2.24, 2.45) is 0 Å². The van der Waals surface area contributed by atoms with Crippen LogP contribution in [0, 0.1) is 0 Å². The minimum Gasteiger partial charge on any atom is -0.317 e. The summed E-state index contributed by atoms with van der Waals surface area (Å²) in [7, 11) is 0. The molecule has 4 rings (SSSR count). The van der Waals surface area contributed by atoms with Gasteiger partial charge in [0.15, 0.2) is 0 Å². The molecule has 8 nitrogen and oxygen atoms in total. The Labute approximate surface area is 169 Å². The quantitative estimate of drug-likeness (QED) is 0.707. The average molecular weight is 398 g/mol. The molecule has 2 fully saturated rings. The summed E-state index contributed by atoms with van der Waals surface area (Å²) in [5, 5.41) is 5.60. The Balaban J connectivity index is 1.60. The molecule has 3 aliphatic rings. The summed E-state index contributed by atoms with van der Waals surface area (Å²) >= 11 is 0. The van der Waals surface area contributed by atoms with E-state index in [9.17, 15) is 19.2 Å². The Hall–Kier alpha value is -2.58. The number of hydrogen-bond acceptors (Lipinski definition) is 6. The van der Waals surface area contributed by atoms with Crippen LogP contribution in [0.5, 0.6) is 0 Å². The number of rotatable bonds is 5. The number of carbonyl (C=O) groups is 4. The first-order valence-electron chi connectivity index (χ1n) is 10.3. The molecule has 1 aromatic carbocycles. The van der Waals surface area contributed by atoms with Gasteiger partial charge in [0.1, 0.15) is 6.04 Å². The summed E-state index contributed by atoms with van der Waals surface area (Å²) in [4.78, 5) is 53.3. The first kappa shape index (κ1) is 19.7. The Bertz CT molecular complexity index is 862. The molecule has 0 radical (unpaired) electrons. The third-order valence-corrected chi connectivity index (χ3v) is 6.16. The van der Waals surface area contributed by atoms with Crippen LogP contribution in [-0.4, -0.2) is 65.1 Å². The fourth-order valence-electron chi connectivity index (χ4n) is 4.61. The van der Waals surface area contributed by atoms with E-state index >= 15 is 0 Å². The molecular formula is C21H26N4O4. The van der Waals surface area contributed by atoms with Gasteiger partial charge in [-0.2, -0.15) is 0 Å². The number of imide groups is 2. The van der Waals surface area contributed by atoms with Crippen molar-refractivity contribution in [3.8, 4) is 0 Å². The van der Waals surface area contributed by atoms with Crippen molar-refractivity contribution in [2.45, 2.75) is 51.2 Å². The van der Waals surface area contributed by atoms with Crippen molar-refractivity contribution in [3.63, 3.8) is 0 Å². The number of piperidine rings is 2. The van der Waals surface area contributed by atoms with Crippen LogP contribution in [0.1, 0.15) is 58.9 Å². The average Bonchev–Trinajstić information content (AvgIpc) is 2.98. The van der Waals surface area contributed by atoms with Crippen LogP contribution in [0.15, 0.2) is 18.2 Å². The standard InChI is InChI=1S/C21H26N4O4/c1-2-24(14-8-10-22-11-9-14)12-13-4-3-5-15-18(13)21(29)25(20(15)28)16-6-7-17(26)23-19(16)27/h3-5,14,16,22H,2,6-12H2,1H3,(H,23,26,27). The second-order valence-corrected chi connectivity index (χ2v) is 7.83.